The fourth-order valence-electron chi connectivity index (χ4n) is 5.70. The number of benzene rings is 2. The quantitative estimate of drug-likeness (QED) is 0.389. The van der Waals surface area contributed by atoms with Crippen LogP contribution >= 0.6 is 0 Å². The van der Waals surface area contributed by atoms with E-state index >= 15 is 0 Å². The predicted molar refractivity (Wildman–Crippen MR) is 145 cm³/mol. The number of ether oxygens (including phenoxy) is 2. The number of hydrogen-bond donors (Lipinski definition) is 1. The minimum Gasteiger partial charge on any atom is -0.493 e. The molecule has 39 heavy (non-hydrogen) atoms. The van der Waals surface area contributed by atoms with Crippen LogP contribution in [0.1, 0.15) is 66.8 Å². The fraction of sp³-hybridized carbons (Fsp3) is 0.419. The van der Waals surface area contributed by atoms with Crippen LogP contribution in [0.2, 0.25) is 0 Å². The van der Waals surface area contributed by atoms with Gasteiger partial charge in [0.15, 0.2) is 17.7 Å². The number of nitrogens with zero attached hydrogens (tertiary/aromatic N) is 2. The molecule has 0 aliphatic carbocycles. The predicted octanol–water partition coefficient (Wildman–Crippen LogP) is 6.47. The summed E-state index contributed by atoms with van der Waals surface area (Å²) < 4.78 is 39.5. The summed E-state index contributed by atoms with van der Waals surface area (Å²) in [6, 6.07) is 7.89. The molecule has 0 bridgehead atoms. The van der Waals surface area contributed by atoms with Gasteiger partial charge in [-0.15, -0.1) is 0 Å². The van der Waals surface area contributed by atoms with Gasteiger partial charge in [-0.05, 0) is 99.9 Å². The van der Waals surface area contributed by atoms with Crippen LogP contribution in [0.15, 0.2) is 30.3 Å². The summed E-state index contributed by atoms with van der Waals surface area (Å²) in [7, 11) is 0. The van der Waals surface area contributed by atoms with E-state index in [0.29, 0.717) is 42.9 Å². The lowest BCUT2D eigenvalue weighted by atomic mass is 9.85. The Balaban J connectivity index is 1.70. The van der Waals surface area contributed by atoms with Crippen molar-refractivity contribution in [1.29, 1.82) is 0 Å². The molecular formula is C31H34F2N2O4. The second-order valence-corrected chi connectivity index (χ2v) is 11.3. The van der Waals surface area contributed by atoms with Gasteiger partial charge < -0.3 is 19.5 Å². The van der Waals surface area contributed by atoms with Crippen LogP contribution in [0.3, 0.4) is 0 Å². The molecule has 8 heteroatoms. The van der Waals surface area contributed by atoms with Crippen LogP contribution in [0.5, 0.6) is 5.75 Å². The van der Waals surface area contributed by atoms with Gasteiger partial charge in [0.05, 0.1) is 12.2 Å². The molecule has 0 radical (unpaired) electrons. The van der Waals surface area contributed by atoms with Crippen LogP contribution in [-0.4, -0.2) is 34.8 Å². The molecular weight excluding hydrogens is 502 g/mol. The molecule has 2 aliphatic heterocycles. The van der Waals surface area contributed by atoms with Gasteiger partial charge in [-0.2, -0.15) is 0 Å². The molecule has 3 heterocycles. The molecule has 2 aromatic carbocycles. The normalized spacial score (nSPS) is 15.5. The highest BCUT2D eigenvalue weighted by molar-refractivity contribution is 5.86. The van der Waals surface area contributed by atoms with Crippen molar-refractivity contribution in [2.75, 3.05) is 18.1 Å². The van der Waals surface area contributed by atoms with E-state index < -0.39 is 29.3 Å². The summed E-state index contributed by atoms with van der Waals surface area (Å²) >= 11 is 0. The first-order valence-electron chi connectivity index (χ1n) is 13.3. The van der Waals surface area contributed by atoms with E-state index in [9.17, 15) is 18.7 Å². The largest absolute Gasteiger partial charge is 0.493 e. The third-order valence-electron chi connectivity index (χ3n) is 7.40. The topological polar surface area (TPSA) is 71.9 Å². The molecule has 206 valence electrons. The smallest absolute Gasteiger partial charge is 0.337 e. The van der Waals surface area contributed by atoms with Crippen LogP contribution in [0.4, 0.5) is 14.6 Å². The Morgan fingerprint density at radius 1 is 1.13 bits per heavy atom. The summed E-state index contributed by atoms with van der Waals surface area (Å²) in [5, 5.41) is 10.3. The maximum atomic E-state index is 13.9. The number of aliphatic carboxylic acids is 1. The number of rotatable bonds is 6. The molecule has 0 fully saturated rings. The summed E-state index contributed by atoms with van der Waals surface area (Å²) in [5.41, 5.74) is 5.92. The second-order valence-electron chi connectivity index (χ2n) is 11.3. The molecule has 1 aromatic heterocycles. The Morgan fingerprint density at radius 2 is 1.90 bits per heavy atom. The summed E-state index contributed by atoms with van der Waals surface area (Å²) in [6.07, 6.45) is 1.22. The molecule has 0 saturated carbocycles. The van der Waals surface area contributed by atoms with Crippen molar-refractivity contribution in [3.63, 3.8) is 0 Å². The molecule has 1 N–H and O–H groups in total. The Hall–Kier alpha value is -3.52. The monoisotopic (exact) mass is 536 g/mol. The lowest BCUT2D eigenvalue weighted by Crippen LogP contribution is -2.29. The van der Waals surface area contributed by atoms with Gasteiger partial charge in [0.2, 0.25) is 0 Å². The van der Waals surface area contributed by atoms with Crippen LogP contribution < -0.4 is 9.64 Å². The Kier molecular flexibility index (Phi) is 7.10. The Bertz CT molecular complexity index is 1450. The number of fused-ring (bicyclic) bond motifs is 2. The molecule has 1 atom stereocenters. The van der Waals surface area contributed by atoms with Crippen molar-refractivity contribution < 1.29 is 28.2 Å². The first-order chi connectivity index (χ1) is 18.4. The number of carboxylic acids is 1. The lowest BCUT2D eigenvalue weighted by molar-refractivity contribution is -0.160. The minimum atomic E-state index is -1.22. The zero-order valence-corrected chi connectivity index (χ0v) is 23.0. The van der Waals surface area contributed by atoms with Gasteiger partial charge in [0.25, 0.3) is 0 Å². The van der Waals surface area contributed by atoms with E-state index in [4.69, 9.17) is 14.5 Å². The highest BCUT2D eigenvalue weighted by atomic mass is 19.2. The number of anilines is 1. The highest BCUT2D eigenvalue weighted by Crippen LogP contribution is 2.46. The van der Waals surface area contributed by atoms with E-state index in [1.54, 1.807) is 6.07 Å². The highest BCUT2D eigenvalue weighted by Gasteiger charge is 2.36. The van der Waals surface area contributed by atoms with Gasteiger partial charge in [-0.1, -0.05) is 12.1 Å². The van der Waals surface area contributed by atoms with E-state index in [-0.39, 0.29) is 0 Å². The molecule has 0 amide bonds. The SMILES string of the molecule is Cc1nc2c(c(-c3ccc4c(c3C)CCCO4)c1C(OC(C)(C)C)C(=O)O)CCN2Cc1ccc(F)c(F)c1. The molecule has 2 aliphatic rings. The van der Waals surface area contributed by atoms with Crippen molar-refractivity contribution in [3.8, 4) is 16.9 Å². The Labute approximate surface area is 227 Å². The third-order valence-corrected chi connectivity index (χ3v) is 7.40. The fourth-order valence-corrected chi connectivity index (χ4v) is 5.70. The molecule has 3 aromatic rings. The van der Waals surface area contributed by atoms with E-state index in [1.165, 1.54) is 6.07 Å². The van der Waals surface area contributed by atoms with Crippen molar-refractivity contribution in [2.24, 2.45) is 0 Å². The van der Waals surface area contributed by atoms with E-state index in [2.05, 4.69) is 6.92 Å². The van der Waals surface area contributed by atoms with Crippen LogP contribution in [-0.2, 0) is 28.9 Å². The standard InChI is InChI=1S/C31H34F2N2O4/c1-17-20-7-6-14-38-25(20)11-9-21(17)27-22-12-13-35(16-19-8-10-23(32)24(33)15-19)29(22)34-18(2)26(27)28(30(36)37)39-31(3,4)5/h8-11,15,28H,6-7,12-14,16H2,1-5H3,(H,36,37). The minimum absolute atomic E-state index is 0.354. The van der Waals surface area contributed by atoms with Crippen molar-refractivity contribution in [2.45, 2.75) is 72.1 Å². The van der Waals surface area contributed by atoms with Gasteiger partial charge in [0, 0.05) is 29.9 Å². The zero-order valence-electron chi connectivity index (χ0n) is 23.0. The molecule has 0 spiro atoms. The van der Waals surface area contributed by atoms with Crippen molar-refractivity contribution in [1.82, 2.24) is 4.98 Å². The van der Waals surface area contributed by atoms with Gasteiger partial charge in [-0.3, -0.25) is 0 Å². The second kappa shape index (κ2) is 10.2. The van der Waals surface area contributed by atoms with Gasteiger partial charge in [0.1, 0.15) is 11.6 Å². The first-order valence-corrected chi connectivity index (χ1v) is 13.3. The molecule has 0 saturated heterocycles. The zero-order chi connectivity index (χ0) is 28.1. The maximum absolute atomic E-state index is 13.9. The maximum Gasteiger partial charge on any atom is 0.337 e. The number of pyridine rings is 1. The summed E-state index contributed by atoms with van der Waals surface area (Å²) in [4.78, 5) is 19.6. The van der Waals surface area contributed by atoms with Crippen molar-refractivity contribution in [3.05, 3.63) is 75.5 Å². The molecule has 5 rings (SSSR count). The number of aromatic nitrogens is 1. The molecule has 6 nitrogen and oxygen atoms in total. The summed E-state index contributed by atoms with van der Waals surface area (Å²) in [6.45, 7) is 11.0. The van der Waals surface area contributed by atoms with E-state index in [1.807, 2.05) is 44.7 Å². The third kappa shape index (κ3) is 5.22. The number of halogens is 2. The van der Waals surface area contributed by atoms with E-state index in [0.717, 1.165) is 58.3 Å². The number of carbonyl (C=O) groups is 1. The van der Waals surface area contributed by atoms with Gasteiger partial charge >= 0.3 is 5.97 Å². The van der Waals surface area contributed by atoms with Crippen molar-refractivity contribution >= 4 is 11.8 Å². The number of hydrogen-bond acceptors (Lipinski definition) is 5. The number of aryl methyl sites for hydroxylation is 1. The summed E-state index contributed by atoms with van der Waals surface area (Å²) in [5.74, 6) is -1.25. The number of carboxylic acid groups (broad SMARTS) is 1. The van der Waals surface area contributed by atoms with Gasteiger partial charge in [-0.25, -0.2) is 18.6 Å². The average molecular weight is 537 g/mol. The lowest BCUT2D eigenvalue weighted by Gasteiger charge is -2.30. The Morgan fingerprint density at radius 3 is 2.59 bits per heavy atom. The molecule has 1 unspecified atom stereocenters. The van der Waals surface area contributed by atoms with Crippen LogP contribution in [0, 0.1) is 25.5 Å². The van der Waals surface area contributed by atoms with Crippen LogP contribution in [0.25, 0.3) is 11.1 Å². The average Bonchev–Trinajstić information content (AvgIpc) is 3.26. The first kappa shape index (κ1) is 27.1.